The number of aromatic nitrogens is 2. The number of amides is 1. The first kappa shape index (κ1) is 15.4. The average molecular weight is 305 g/mol. The van der Waals surface area contributed by atoms with Crippen molar-refractivity contribution < 1.29 is 9.53 Å². The van der Waals surface area contributed by atoms with Crippen LogP contribution in [-0.4, -0.2) is 28.0 Å². The molecule has 21 heavy (non-hydrogen) atoms. The zero-order chi connectivity index (χ0) is 15.2. The maximum absolute atomic E-state index is 12.1. The quantitative estimate of drug-likeness (QED) is 0.834. The van der Waals surface area contributed by atoms with Crippen molar-refractivity contribution in [2.24, 2.45) is 0 Å². The molecule has 1 aromatic heterocycles. The molecule has 6 heteroatoms. The maximum atomic E-state index is 12.1. The Kier molecular flexibility index (Phi) is 5.27. The van der Waals surface area contributed by atoms with Gasteiger partial charge in [0.15, 0.2) is 6.10 Å². The molecular formula is C15H19N3O2S. The van der Waals surface area contributed by atoms with Crippen LogP contribution in [0.1, 0.15) is 13.8 Å². The fourth-order valence-corrected chi connectivity index (χ4v) is 2.17. The number of carbonyl (C=O) groups excluding carboxylic acids is 1. The van der Waals surface area contributed by atoms with Gasteiger partial charge in [-0.2, -0.15) is 5.10 Å². The van der Waals surface area contributed by atoms with Crippen LogP contribution in [0.2, 0.25) is 0 Å². The van der Waals surface area contributed by atoms with E-state index in [0.717, 1.165) is 11.4 Å². The van der Waals surface area contributed by atoms with Gasteiger partial charge in [-0.15, -0.1) is 11.8 Å². The third-order valence-corrected chi connectivity index (χ3v) is 3.71. The Hall–Kier alpha value is -1.95. The smallest absolute Gasteiger partial charge is 0.265 e. The second-order valence-corrected chi connectivity index (χ2v) is 5.39. The molecule has 1 heterocycles. The number of ether oxygens (including phenoxy) is 1. The van der Waals surface area contributed by atoms with Crippen molar-refractivity contribution in [3.8, 4) is 5.75 Å². The molecule has 0 saturated heterocycles. The van der Waals surface area contributed by atoms with Crippen LogP contribution in [0, 0.1) is 0 Å². The molecule has 0 aliphatic carbocycles. The van der Waals surface area contributed by atoms with Gasteiger partial charge in [-0.3, -0.25) is 9.48 Å². The topological polar surface area (TPSA) is 56.2 Å². The van der Waals surface area contributed by atoms with Gasteiger partial charge in [0.1, 0.15) is 5.75 Å². The van der Waals surface area contributed by atoms with Crippen LogP contribution in [0.5, 0.6) is 5.75 Å². The second-order valence-electron chi connectivity index (χ2n) is 4.51. The molecule has 0 fully saturated rings. The summed E-state index contributed by atoms with van der Waals surface area (Å²) in [5.41, 5.74) is 0.676. The lowest BCUT2D eigenvalue weighted by atomic mass is 10.3. The Morgan fingerprint density at radius 2 is 2.14 bits per heavy atom. The van der Waals surface area contributed by atoms with E-state index in [0.29, 0.717) is 11.4 Å². The van der Waals surface area contributed by atoms with Crippen LogP contribution in [0.3, 0.4) is 0 Å². The van der Waals surface area contributed by atoms with Crippen LogP contribution in [0.25, 0.3) is 0 Å². The SMILES string of the molecule is CCn1cc(NC(=O)C(C)Oc2ccc(SC)cc2)cn1. The van der Waals surface area contributed by atoms with Crippen molar-refractivity contribution in [3.63, 3.8) is 0 Å². The molecule has 1 unspecified atom stereocenters. The number of rotatable bonds is 6. The van der Waals surface area contributed by atoms with Gasteiger partial charge in [-0.25, -0.2) is 0 Å². The van der Waals surface area contributed by atoms with Gasteiger partial charge >= 0.3 is 0 Å². The van der Waals surface area contributed by atoms with E-state index in [9.17, 15) is 4.79 Å². The highest BCUT2D eigenvalue weighted by molar-refractivity contribution is 7.98. The van der Waals surface area contributed by atoms with E-state index in [1.165, 1.54) is 0 Å². The zero-order valence-electron chi connectivity index (χ0n) is 12.4. The van der Waals surface area contributed by atoms with Crippen LogP contribution >= 0.6 is 11.8 Å². The fourth-order valence-electron chi connectivity index (χ4n) is 1.76. The zero-order valence-corrected chi connectivity index (χ0v) is 13.2. The van der Waals surface area contributed by atoms with Crippen molar-refractivity contribution in [1.82, 2.24) is 9.78 Å². The highest BCUT2D eigenvalue weighted by Crippen LogP contribution is 2.20. The van der Waals surface area contributed by atoms with E-state index >= 15 is 0 Å². The molecule has 2 rings (SSSR count). The van der Waals surface area contributed by atoms with Crippen molar-refractivity contribution in [2.45, 2.75) is 31.4 Å². The van der Waals surface area contributed by atoms with E-state index in [-0.39, 0.29) is 5.91 Å². The Labute approximate surface area is 128 Å². The molecule has 2 aromatic rings. The van der Waals surface area contributed by atoms with Crippen molar-refractivity contribution in [1.29, 1.82) is 0 Å². The standard InChI is InChI=1S/C15H19N3O2S/c1-4-18-10-12(9-16-18)17-15(19)11(2)20-13-5-7-14(21-3)8-6-13/h5-11H,4H2,1-3H3,(H,17,19). The summed E-state index contributed by atoms with van der Waals surface area (Å²) in [4.78, 5) is 13.2. The summed E-state index contributed by atoms with van der Waals surface area (Å²) in [6, 6.07) is 7.67. The molecule has 0 aliphatic heterocycles. The summed E-state index contributed by atoms with van der Waals surface area (Å²) in [5, 5.41) is 6.90. The largest absolute Gasteiger partial charge is 0.481 e. The number of anilines is 1. The summed E-state index contributed by atoms with van der Waals surface area (Å²) >= 11 is 1.66. The highest BCUT2D eigenvalue weighted by atomic mass is 32.2. The summed E-state index contributed by atoms with van der Waals surface area (Å²) in [6.07, 6.45) is 4.86. The molecule has 0 spiro atoms. The Bertz CT molecular complexity index is 595. The number of hydrogen-bond acceptors (Lipinski definition) is 4. The number of hydrogen-bond donors (Lipinski definition) is 1. The lowest BCUT2D eigenvalue weighted by Crippen LogP contribution is -2.30. The van der Waals surface area contributed by atoms with Crippen LogP contribution < -0.4 is 10.1 Å². The Morgan fingerprint density at radius 1 is 1.43 bits per heavy atom. The lowest BCUT2D eigenvalue weighted by molar-refractivity contribution is -0.122. The fraction of sp³-hybridized carbons (Fsp3) is 0.333. The number of nitrogens with zero attached hydrogens (tertiary/aromatic N) is 2. The molecule has 1 atom stereocenters. The normalized spacial score (nSPS) is 12.0. The number of thioether (sulfide) groups is 1. The summed E-state index contributed by atoms with van der Waals surface area (Å²) < 4.78 is 7.38. The van der Waals surface area contributed by atoms with Gasteiger partial charge < -0.3 is 10.1 Å². The third-order valence-electron chi connectivity index (χ3n) is 2.97. The number of benzene rings is 1. The molecular weight excluding hydrogens is 286 g/mol. The first-order chi connectivity index (χ1) is 10.1. The maximum Gasteiger partial charge on any atom is 0.265 e. The first-order valence-corrected chi connectivity index (χ1v) is 7.99. The number of carbonyl (C=O) groups is 1. The Morgan fingerprint density at radius 3 is 2.71 bits per heavy atom. The van der Waals surface area contributed by atoms with E-state index < -0.39 is 6.10 Å². The predicted molar refractivity (Wildman–Crippen MR) is 84.8 cm³/mol. The molecule has 0 bridgehead atoms. The molecule has 1 amide bonds. The van der Waals surface area contributed by atoms with Gasteiger partial charge in [-0.05, 0) is 44.4 Å². The summed E-state index contributed by atoms with van der Waals surface area (Å²) in [6.45, 7) is 4.48. The lowest BCUT2D eigenvalue weighted by Gasteiger charge is -2.14. The second kappa shape index (κ2) is 7.17. The van der Waals surface area contributed by atoms with Gasteiger partial charge in [0.2, 0.25) is 0 Å². The number of nitrogens with one attached hydrogen (secondary N) is 1. The van der Waals surface area contributed by atoms with Gasteiger partial charge in [0.05, 0.1) is 11.9 Å². The molecule has 112 valence electrons. The highest BCUT2D eigenvalue weighted by Gasteiger charge is 2.15. The molecule has 0 aliphatic rings. The summed E-state index contributed by atoms with van der Waals surface area (Å²) in [5.74, 6) is 0.485. The summed E-state index contributed by atoms with van der Waals surface area (Å²) in [7, 11) is 0. The van der Waals surface area contributed by atoms with Crippen molar-refractivity contribution in [2.75, 3.05) is 11.6 Å². The van der Waals surface area contributed by atoms with Gasteiger partial charge in [0, 0.05) is 17.6 Å². The molecule has 0 saturated carbocycles. The minimum Gasteiger partial charge on any atom is -0.481 e. The van der Waals surface area contributed by atoms with Gasteiger partial charge in [0.25, 0.3) is 5.91 Å². The Balaban J connectivity index is 1.92. The first-order valence-electron chi connectivity index (χ1n) is 6.76. The van der Waals surface area contributed by atoms with E-state index in [1.54, 1.807) is 35.8 Å². The van der Waals surface area contributed by atoms with Crippen molar-refractivity contribution >= 4 is 23.4 Å². The predicted octanol–water partition coefficient (Wildman–Crippen LogP) is 3.03. The minimum atomic E-state index is -0.574. The average Bonchev–Trinajstić information content (AvgIpc) is 2.95. The van der Waals surface area contributed by atoms with Crippen molar-refractivity contribution in [3.05, 3.63) is 36.7 Å². The van der Waals surface area contributed by atoms with Gasteiger partial charge in [-0.1, -0.05) is 0 Å². The van der Waals surface area contributed by atoms with E-state index in [4.69, 9.17) is 4.74 Å². The van der Waals surface area contributed by atoms with E-state index in [2.05, 4.69) is 10.4 Å². The van der Waals surface area contributed by atoms with Crippen LogP contribution in [0.15, 0.2) is 41.6 Å². The monoisotopic (exact) mass is 305 g/mol. The van der Waals surface area contributed by atoms with E-state index in [1.807, 2.05) is 37.4 Å². The molecule has 1 aromatic carbocycles. The van der Waals surface area contributed by atoms with Crippen LogP contribution in [0.4, 0.5) is 5.69 Å². The molecule has 5 nitrogen and oxygen atoms in total. The minimum absolute atomic E-state index is 0.195. The van der Waals surface area contributed by atoms with Crippen LogP contribution in [-0.2, 0) is 11.3 Å². The number of aryl methyl sites for hydroxylation is 1. The molecule has 1 N–H and O–H groups in total. The molecule has 0 radical (unpaired) electrons. The third kappa shape index (κ3) is 4.26.